The Labute approximate surface area is 197 Å². The molecule has 4 heterocycles. The standard InChI is InChI=1S/C25H18N4O4S/c1-3-13-28-16-11-7-6-10-15(16)25(23(28)32)19-20(30)14-9-5-8-12-17(14)33-21(19)22(31)29(25)24-27-26-18(4-2)34-24/h3,5-12H,1,4,13H2,2H3. The summed E-state index contributed by atoms with van der Waals surface area (Å²) in [6.45, 7) is 5.92. The summed E-state index contributed by atoms with van der Waals surface area (Å²) in [6.07, 6.45) is 2.23. The van der Waals surface area contributed by atoms with E-state index in [1.54, 1.807) is 48.5 Å². The maximum Gasteiger partial charge on any atom is 0.297 e. The SMILES string of the molecule is C=CCN1C(=O)C2(c3ccccc31)c1c(oc3ccccc3c1=O)C(=O)N2c1nnc(CC)s1. The first-order chi connectivity index (χ1) is 16.5. The maximum atomic E-state index is 14.3. The third-order valence-corrected chi connectivity index (χ3v) is 7.35. The van der Waals surface area contributed by atoms with Crippen LogP contribution in [0.15, 0.2) is 70.4 Å². The van der Waals surface area contributed by atoms with Crippen LogP contribution in [0.4, 0.5) is 10.8 Å². The van der Waals surface area contributed by atoms with Gasteiger partial charge in [-0.15, -0.1) is 16.8 Å². The number of carbonyl (C=O) groups is 2. The first-order valence-corrected chi connectivity index (χ1v) is 11.6. The van der Waals surface area contributed by atoms with Crippen LogP contribution in [0.3, 0.4) is 0 Å². The minimum atomic E-state index is -1.75. The van der Waals surface area contributed by atoms with Crippen LogP contribution in [0.25, 0.3) is 11.0 Å². The topological polar surface area (TPSA) is 96.6 Å². The lowest BCUT2D eigenvalue weighted by Crippen LogP contribution is -2.53. The number of carbonyl (C=O) groups excluding carboxylic acids is 2. The van der Waals surface area contributed by atoms with E-state index in [4.69, 9.17) is 4.42 Å². The van der Waals surface area contributed by atoms with Gasteiger partial charge in [0.25, 0.3) is 11.8 Å². The zero-order valence-electron chi connectivity index (χ0n) is 18.1. The summed E-state index contributed by atoms with van der Waals surface area (Å²) in [7, 11) is 0. The lowest BCUT2D eigenvalue weighted by Gasteiger charge is -2.31. The Balaban J connectivity index is 1.77. The molecule has 0 fully saturated rings. The summed E-state index contributed by atoms with van der Waals surface area (Å²) in [4.78, 5) is 45.0. The molecule has 9 heteroatoms. The Hall–Kier alpha value is -4.11. The van der Waals surface area contributed by atoms with Crippen molar-refractivity contribution in [3.63, 3.8) is 0 Å². The van der Waals surface area contributed by atoms with E-state index in [0.717, 1.165) is 0 Å². The van der Waals surface area contributed by atoms with Crippen molar-refractivity contribution in [1.29, 1.82) is 0 Å². The highest BCUT2D eigenvalue weighted by atomic mass is 32.1. The molecule has 0 saturated heterocycles. The number of nitrogens with zero attached hydrogens (tertiary/aromatic N) is 4. The molecule has 2 aromatic heterocycles. The smallest absolute Gasteiger partial charge is 0.297 e. The fourth-order valence-electron chi connectivity index (χ4n) is 4.90. The number of benzene rings is 2. The van der Waals surface area contributed by atoms with Crippen LogP contribution in [0.1, 0.15) is 33.6 Å². The van der Waals surface area contributed by atoms with E-state index in [0.29, 0.717) is 28.1 Å². The first-order valence-electron chi connectivity index (χ1n) is 10.8. The van der Waals surface area contributed by atoms with Crippen LogP contribution in [0.5, 0.6) is 0 Å². The van der Waals surface area contributed by atoms with Gasteiger partial charge in [0.05, 0.1) is 16.6 Å². The molecule has 0 bridgehead atoms. The van der Waals surface area contributed by atoms with Crippen molar-refractivity contribution in [3.8, 4) is 0 Å². The predicted octanol–water partition coefficient (Wildman–Crippen LogP) is 3.64. The molecule has 0 saturated carbocycles. The number of amides is 2. The zero-order chi connectivity index (χ0) is 23.6. The highest BCUT2D eigenvalue weighted by molar-refractivity contribution is 7.15. The van der Waals surface area contributed by atoms with Gasteiger partial charge in [0.2, 0.25) is 10.9 Å². The average molecular weight is 471 g/mol. The van der Waals surface area contributed by atoms with Gasteiger partial charge in [-0.1, -0.05) is 54.7 Å². The van der Waals surface area contributed by atoms with Crippen molar-refractivity contribution in [2.75, 3.05) is 16.3 Å². The molecule has 0 aliphatic carbocycles. The summed E-state index contributed by atoms with van der Waals surface area (Å²) in [5.41, 5.74) is -0.758. The van der Waals surface area contributed by atoms with Gasteiger partial charge < -0.3 is 9.32 Å². The Morgan fingerprint density at radius 3 is 2.62 bits per heavy atom. The summed E-state index contributed by atoms with van der Waals surface area (Å²) in [5.74, 6) is -1.18. The van der Waals surface area contributed by atoms with Crippen molar-refractivity contribution < 1.29 is 14.0 Å². The number of aryl methyl sites for hydroxylation is 1. The van der Waals surface area contributed by atoms with Gasteiger partial charge in [0.1, 0.15) is 10.6 Å². The number of para-hydroxylation sites is 2. The van der Waals surface area contributed by atoms with Crippen molar-refractivity contribution in [1.82, 2.24) is 10.2 Å². The Kier molecular flexibility index (Phi) is 4.34. The molecule has 168 valence electrons. The molecule has 2 aromatic carbocycles. The van der Waals surface area contributed by atoms with Gasteiger partial charge in [0, 0.05) is 12.1 Å². The third-order valence-electron chi connectivity index (χ3n) is 6.29. The molecule has 1 spiro atoms. The molecule has 1 atom stereocenters. The second kappa shape index (κ2) is 7.19. The molecule has 34 heavy (non-hydrogen) atoms. The average Bonchev–Trinajstić information content (AvgIpc) is 3.49. The number of anilines is 2. The fraction of sp³-hybridized carbons (Fsp3) is 0.160. The van der Waals surface area contributed by atoms with Crippen molar-refractivity contribution in [2.24, 2.45) is 0 Å². The van der Waals surface area contributed by atoms with E-state index in [1.165, 1.54) is 21.1 Å². The van der Waals surface area contributed by atoms with Crippen LogP contribution in [-0.4, -0.2) is 28.6 Å². The Bertz CT molecular complexity index is 1590. The summed E-state index contributed by atoms with van der Waals surface area (Å²) in [6, 6.07) is 13.9. The molecule has 2 aliphatic heterocycles. The van der Waals surface area contributed by atoms with Gasteiger partial charge in [-0.25, -0.2) is 0 Å². The van der Waals surface area contributed by atoms with E-state index < -0.39 is 22.8 Å². The highest BCUT2D eigenvalue weighted by Gasteiger charge is 2.66. The van der Waals surface area contributed by atoms with E-state index in [-0.39, 0.29) is 28.6 Å². The molecule has 0 radical (unpaired) electrons. The Morgan fingerprint density at radius 1 is 1.09 bits per heavy atom. The fourth-order valence-corrected chi connectivity index (χ4v) is 5.73. The minimum absolute atomic E-state index is 0.00783. The lowest BCUT2D eigenvalue weighted by atomic mass is 9.84. The molecular weight excluding hydrogens is 452 g/mol. The third kappa shape index (κ3) is 2.39. The quantitative estimate of drug-likeness (QED) is 0.423. The van der Waals surface area contributed by atoms with Crippen LogP contribution in [0, 0.1) is 0 Å². The molecule has 2 aliphatic rings. The Morgan fingerprint density at radius 2 is 1.85 bits per heavy atom. The molecule has 6 rings (SSSR count). The zero-order valence-corrected chi connectivity index (χ0v) is 19.0. The lowest BCUT2D eigenvalue weighted by molar-refractivity contribution is -0.121. The number of rotatable bonds is 4. The van der Waals surface area contributed by atoms with E-state index in [2.05, 4.69) is 16.8 Å². The second-order valence-electron chi connectivity index (χ2n) is 8.04. The molecular formula is C25H18N4O4S. The second-order valence-corrected chi connectivity index (χ2v) is 9.08. The monoisotopic (exact) mass is 470 g/mol. The molecule has 4 aromatic rings. The minimum Gasteiger partial charge on any atom is -0.450 e. The molecule has 8 nitrogen and oxygen atoms in total. The van der Waals surface area contributed by atoms with Gasteiger partial charge in [-0.05, 0) is 24.6 Å². The molecule has 0 N–H and O–H groups in total. The number of hydrogen-bond donors (Lipinski definition) is 0. The van der Waals surface area contributed by atoms with Crippen molar-refractivity contribution in [2.45, 2.75) is 18.9 Å². The van der Waals surface area contributed by atoms with Crippen LogP contribution < -0.4 is 15.2 Å². The van der Waals surface area contributed by atoms with Gasteiger partial charge >= 0.3 is 0 Å². The van der Waals surface area contributed by atoms with E-state index >= 15 is 0 Å². The van der Waals surface area contributed by atoms with E-state index in [1.807, 2.05) is 13.0 Å². The summed E-state index contributed by atoms with van der Waals surface area (Å²) in [5, 5.41) is 9.65. The largest absolute Gasteiger partial charge is 0.450 e. The molecule has 2 amide bonds. The summed E-state index contributed by atoms with van der Waals surface area (Å²) < 4.78 is 6.00. The first kappa shape index (κ1) is 20.5. The van der Waals surface area contributed by atoms with Crippen LogP contribution in [-0.2, 0) is 16.8 Å². The summed E-state index contributed by atoms with van der Waals surface area (Å²) >= 11 is 1.21. The van der Waals surface area contributed by atoms with Gasteiger partial charge in [-0.2, -0.15) is 0 Å². The highest BCUT2D eigenvalue weighted by Crippen LogP contribution is 2.54. The number of aromatic nitrogens is 2. The van der Waals surface area contributed by atoms with E-state index in [9.17, 15) is 14.4 Å². The van der Waals surface area contributed by atoms with Gasteiger partial charge in [-0.3, -0.25) is 19.3 Å². The van der Waals surface area contributed by atoms with Crippen LogP contribution in [0.2, 0.25) is 0 Å². The van der Waals surface area contributed by atoms with Crippen molar-refractivity contribution in [3.05, 3.63) is 93.3 Å². The normalized spacial score (nSPS) is 18.7. The number of hydrogen-bond acceptors (Lipinski definition) is 7. The van der Waals surface area contributed by atoms with Gasteiger partial charge in [0.15, 0.2) is 11.0 Å². The number of fused-ring (bicyclic) bond motifs is 5. The van der Waals surface area contributed by atoms with Crippen molar-refractivity contribution >= 4 is 44.9 Å². The predicted molar refractivity (Wildman–Crippen MR) is 128 cm³/mol. The molecule has 1 unspecified atom stereocenters. The van der Waals surface area contributed by atoms with Crippen LogP contribution >= 0.6 is 11.3 Å². The maximum absolute atomic E-state index is 14.3.